The number of halogens is 1. The molecule has 0 unspecified atom stereocenters. The molecule has 0 aromatic heterocycles. The Morgan fingerprint density at radius 2 is 2.19 bits per heavy atom. The third-order valence-electron chi connectivity index (χ3n) is 3.84. The molecule has 0 spiro atoms. The van der Waals surface area contributed by atoms with Crippen LogP contribution in [0.3, 0.4) is 0 Å². The molecule has 0 amide bonds. The summed E-state index contributed by atoms with van der Waals surface area (Å²) in [6, 6.07) is 6.63. The normalized spacial score (nSPS) is 23.9. The molecule has 1 aliphatic rings. The van der Waals surface area contributed by atoms with Gasteiger partial charge in [-0.25, -0.2) is 8.42 Å². The van der Waals surface area contributed by atoms with Crippen molar-refractivity contribution >= 4 is 31.9 Å². The van der Waals surface area contributed by atoms with E-state index in [4.69, 9.17) is 0 Å². The van der Waals surface area contributed by atoms with Crippen molar-refractivity contribution in [3.05, 3.63) is 34.3 Å². The highest BCUT2D eigenvalue weighted by Gasteiger charge is 2.38. The van der Waals surface area contributed by atoms with Gasteiger partial charge >= 0.3 is 5.97 Å². The van der Waals surface area contributed by atoms with Gasteiger partial charge in [0.15, 0.2) is 0 Å². The van der Waals surface area contributed by atoms with Crippen LogP contribution < -0.4 is 0 Å². The van der Waals surface area contributed by atoms with E-state index in [9.17, 15) is 18.3 Å². The van der Waals surface area contributed by atoms with E-state index in [1.54, 1.807) is 25.1 Å². The van der Waals surface area contributed by atoms with Crippen molar-refractivity contribution in [2.75, 3.05) is 6.54 Å². The molecule has 1 aliphatic heterocycles. The van der Waals surface area contributed by atoms with Crippen LogP contribution in [0.15, 0.2) is 28.7 Å². The summed E-state index contributed by atoms with van der Waals surface area (Å²) < 4.78 is 27.3. The lowest BCUT2D eigenvalue weighted by atomic mass is 9.92. The average Bonchev–Trinajstić information content (AvgIpc) is 2.37. The Kier molecular flexibility index (Phi) is 5.06. The maximum Gasteiger partial charge on any atom is 0.308 e. The number of hydrogen-bond acceptors (Lipinski definition) is 3. The van der Waals surface area contributed by atoms with E-state index in [0.29, 0.717) is 24.9 Å². The number of benzene rings is 1. The van der Waals surface area contributed by atoms with Gasteiger partial charge in [0.25, 0.3) is 0 Å². The Morgan fingerprint density at radius 3 is 2.81 bits per heavy atom. The summed E-state index contributed by atoms with van der Waals surface area (Å²) in [7, 11) is -3.52. The number of carbonyl (C=O) groups is 1. The highest BCUT2D eigenvalue weighted by molar-refractivity contribution is 9.10. The number of piperidine rings is 1. The fraction of sp³-hybridized carbons (Fsp3) is 0.500. The molecule has 1 aromatic carbocycles. The Balaban J connectivity index is 2.20. The van der Waals surface area contributed by atoms with Crippen molar-refractivity contribution < 1.29 is 18.3 Å². The van der Waals surface area contributed by atoms with Gasteiger partial charge in [0.2, 0.25) is 10.0 Å². The minimum absolute atomic E-state index is 0.108. The second-order valence-corrected chi connectivity index (χ2v) is 8.16. The van der Waals surface area contributed by atoms with Crippen LogP contribution in [0.2, 0.25) is 0 Å². The van der Waals surface area contributed by atoms with Gasteiger partial charge in [-0.2, -0.15) is 4.31 Å². The number of carboxylic acids is 1. The van der Waals surface area contributed by atoms with Gasteiger partial charge in [-0.1, -0.05) is 28.1 Å². The van der Waals surface area contributed by atoms with Gasteiger partial charge in [0.05, 0.1) is 11.7 Å². The van der Waals surface area contributed by atoms with E-state index in [2.05, 4.69) is 15.9 Å². The number of aliphatic carboxylic acids is 1. The molecule has 0 saturated carbocycles. The zero-order valence-electron chi connectivity index (χ0n) is 11.7. The minimum Gasteiger partial charge on any atom is -0.481 e. The molecule has 116 valence electrons. The summed E-state index contributed by atoms with van der Waals surface area (Å²) >= 11 is 3.32. The van der Waals surface area contributed by atoms with Crippen molar-refractivity contribution in [2.45, 2.75) is 31.6 Å². The minimum atomic E-state index is -3.52. The van der Waals surface area contributed by atoms with Crippen molar-refractivity contribution in [1.82, 2.24) is 4.31 Å². The summed E-state index contributed by atoms with van der Waals surface area (Å²) in [4.78, 5) is 11.2. The Bertz CT molecular complexity index is 632. The predicted molar refractivity (Wildman–Crippen MR) is 83.3 cm³/mol. The number of hydrogen-bond donors (Lipinski definition) is 1. The van der Waals surface area contributed by atoms with Gasteiger partial charge in [0, 0.05) is 17.1 Å². The number of sulfonamides is 1. The number of rotatable bonds is 4. The molecule has 1 aromatic rings. The van der Waals surface area contributed by atoms with E-state index >= 15 is 0 Å². The highest BCUT2D eigenvalue weighted by Crippen LogP contribution is 2.28. The van der Waals surface area contributed by atoms with Gasteiger partial charge in [-0.3, -0.25) is 4.79 Å². The monoisotopic (exact) mass is 375 g/mol. The maximum absolute atomic E-state index is 12.6. The summed E-state index contributed by atoms with van der Waals surface area (Å²) in [5.41, 5.74) is 0.689. The SMILES string of the molecule is C[C@@H]1[C@H](C(=O)O)CCCN1S(=O)(=O)Cc1cccc(Br)c1. The van der Waals surface area contributed by atoms with Crippen LogP contribution in [-0.4, -0.2) is 36.4 Å². The third-order valence-corrected chi connectivity index (χ3v) is 6.26. The van der Waals surface area contributed by atoms with Gasteiger partial charge in [0.1, 0.15) is 0 Å². The van der Waals surface area contributed by atoms with Crippen LogP contribution in [0.1, 0.15) is 25.3 Å². The molecule has 2 atom stereocenters. The van der Waals surface area contributed by atoms with Crippen LogP contribution in [-0.2, 0) is 20.6 Å². The number of nitrogens with zero attached hydrogens (tertiary/aromatic N) is 1. The smallest absolute Gasteiger partial charge is 0.308 e. The Hall–Kier alpha value is -0.920. The molecule has 2 rings (SSSR count). The summed E-state index contributed by atoms with van der Waals surface area (Å²) in [6.07, 6.45) is 1.11. The molecule has 7 heteroatoms. The van der Waals surface area contributed by atoms with Gasteiger partial charge in [-0.15, -0.1) is 0 Å². The molecule has 5 nitrogen and oxygen atoms in total. The second-order valence-electron chi connectivity index (χ2n) is 5.32. The fourth-order valence-electron chi connectivity index (χ4n) is 2.76. The lowest BCUT2D eigenvalue weighted by Crippen LogP contribution is -2.49. The van der Waals surface area contributed by atoms with Gasteiger partial charge < -0.3 is 5.11 Å². The molecule has 1 saturated heterocycles. The molecular weight excluding hydrogens is 358 g/mol. The highest BCUT2D eigenvalue weighted by atomic mass is 79.9. The lowest BCUT2D eigenvalue weighted by Gasteiger charge is -2.36. The van der Waals surface area contributed by atoms with E-state index in [0.717, 1.165) is 4.47 Å². The van der Waals surface area contributed by atoms with Crippen LogP contribution in [0.5, 0.6) is 0 Å². The standard InChI is InChI=1S/C14H18BrNO4S/c1-10-13(14(17)18)6-3-7-16(10)21(19,20)9-11-4-2-5-12(15)8-11/h2,4-5,8,10,13H,3,6-7,9H2,1H3,(H,17,18)/t10-,13-/m1/s1. The largest absolute Gasteiger partial charge is 0.481 e. The van der Waals surface area contributed by atoms with E-state index in [1.807, 2.05) is 6.07 Å². The van der Waals surface area contributed by atoms with E-state index in [-0.39, 0.29) is 5.75 Å². The molecule has 0 aliphatic carbocycles. The van der Waals surface area contributed by atoms with Crippen LogP contribution in [0, 0.1) is 5.92 Å². The molecular formula is C14H18BrNO4S. The summed E-state index contributed by atoms with van der Waals surface area (Å²) in [6.45, 7) is 2.07. The first-order chi connectivity index (χ1) is 9.81. The van der Waals surface area contributed by atoms with Crippen LogP contribution in [0.25, 0.3) is 0 Å². The molecule has 0 bridgehead atoms. The first kappa shape index (κ1) is 16.5. The molecule has 21 heavy (non-hydrogen) atoms. The van der Waals surface area contributed by atoms with Crippen molar-refractivity contribution in [1.29, 1.82) is 0 Å². The zero-order chi connectivity index (χ0) is 15.6. The van der Waals surface area contributed by atoms with E-state index in [1.165, 1.54) is 4.31 Å². The van der Waals surface area contributed by atoms with Crippen LogP contribution >= 0.6 is 15.9 Å². The molecule has 1 fully saturated rings. The first-order valence-electron chi connectivity index (χ1n) is 6.78. The molecule has 0 radical (unpaired) electrons. The van der Waals surface area contributed by atoms with Crippen molar-refractivity contribution in [2.24, 2.45) is 5.92 Å². The first-order valence-corrected chi connectivity index (χ1v) is 9.18. The van der Waals surface area contributed by atoms with Crippen molar-refractivity contribution in [3.8, 4) is 0 Å². The Morgan fingerprint density at radius 1 is 1.48 bits per heavy atom. The summed E-state index contributed by atoms with van der Waals surface area (Å²) in [5, 5.41) is 9.19. The van der Waals surface area contributed by atoms with Gasteiger partial charge in [-0.05, 0) is 37.5 Å². The zero-order valence-corrected chi connectivity index (χ0v) is 14.1. The average molecular weight is 376 g/mol. The second kappa shape index (κ2) is 6.46. The maximum atomic E-state index is 12.6. The number of carboxylic acid groups (broad SMARTS) is 1. The lowest BCUT2D eigenvalue weighted by molar-refractivity contribution is -0.144. The third kappa shape index (κ3) is 3.84. The van der Waals surface area contributed by atoms with E-state index < -0.39 is 28.0 Å². The topological polar surface area (TPSA) is 74.7 Å². The quantitative estimate of drug-likeness (QED) is 0.876. The Labute approximate surface area is 133 Å². The molecule has 1 heterocycles. The predicted octanol–water partition coefficient (Wildman–Crippen LogP) is 2.46. The van der Waals surface area contributed by atoms with Crippen molar-refractivity contribution in [3.63, 3.8) is 0 Å². The van der Waals surface area contributed by atoms with Crippen LogP contribution in [0.4, 0.5) is 0 Å². The summed E-state index contributed by atoms with van der Waals surface area (Å²) in [5.74, 6) is -1.66. The molecule has 1 N–H and O–H groups in total. The fourth-order valence-corrected chi connectivity index (χ4v) is 5.03.